The molecule has 0 aliphatic carbocycles. The van der Waals surface area contributed by atoms with Gasteiger partial charge >= 0.3 is 0 Å². The molecule has 0 unspecified atom stereocenters. The summed E-state index contributed by atoms with van der Waals surface area (Å²) in [5.74, 6) is 0.0214. The molecule has 0 radical (unpaired) electrons. The van der Waals surface area contributed by atoms with Gasteiger partial charge in [-0.05, 0) is 49.4 Å². The Bertz CT molecular complexity index is 1500. The Labute approximate surface area is 234 Å². The van der Waals surface area contributed by atoms with E-state index in [0.717, 1.165) is 55.0 Å². The molecule has 2 aliphatic rings. The molecular weight excluding hydrogens is 537 g/mol. The van der Waals surface area contributed by atoms with Crippen LogP contribution in [-0.4, -0.2) is 83.0 Å². The van der Waals surface area contributed by atoms with Gasteiger partial charge in [0, 0.05) is 44.6 Å². The number of nitrogens with zero attached hydrogens (tertiary/aromatic N) is 5. The van der Waals surface area contributed by atoms with Crippen LogP contribution in [0.1, 0.15) is 12.5 Å². The molecule has 1 aromatic heterocycles. The highest BCUT2D eigenvalue weighted by Gasteiger charge is 2.27. The van der Waals surface area contributed by atoms with Gasteiger partial charge in [0.05, 0.1) is 18.1 Å². The van der Waals surface area contributed by atoms with E-state index in [-0.39, 0.29) is 35.5 Å². The van der Waals surface area contributed by atoms with Crippen molar-refractivity contribution in [3.63, 3.8) is 0 Å². The number of nitrogens with one attached hydrogen (secondary N) is 2. The van der Waals surface area contributed by atoms with E-state index in [0.29, 0.717) is 12.4 Å². The van der Waals surface area contributed by atoms with Crippen molar-refractivity contribution >= 4 is 44.5 Å². The maximum Gasteiger partial charge on any atom is 0.232 e. The highest BCUT2D eigenvalue weighted by atomic mass is 32.2. The molecule has 5 rings (SSSR count). The van der Waals surface area contributed by atoms with E-state index < -0.39 is 15.8 Å². The number of anilines is 6. The molecule has 0 atom stereocenters. The molecule has 0 bridgehead atoms. The summed E-state index contributed by atoms with van der Waals surface area (Å²) in [4.78, 5) is 13.2. The Morgan fingerprint density at radius 1 is 1.07 bits per heavy atom. The van der Waals surface area contributed by atoms with Gasteiger partial charge in [0.25, 0.3) is 0 Å². The molecule has 2 aliphatic heterocycles. The molecule has 2 N–H and O–H groups in total. The number of sulfonamides is 1. The van der Waals surface area contributed by atoms with Crippen molar-refractivity contribution in [2.45, 2.75) is 13.3 Å². The number of hydrogen-bond donors (Lipinski definition) is 2. The zero-order valence-corrected chi connectivity index (χ0v) is 23.9. The maximum absolute atomic E-state index is 14.9. The molecule has 0 spiro atoms. The predicted molar refractivity (Wildman–Crippen MR) is 155 cm³/mol. The lowest BCUT2D eigenvalue weighted by molar-refractivity contribution is 0.172. The topological polar surface area (TPSA) is 112 Å². The van der Waals surface area contributed by atoms with E-state index in [9.17, 15) is 12.8 Å². The summed E-state index contributed by atoms with van der Waals surface area (Å²) >= 11 is 0. The second-order valence-corrected chi connectivity index (χ2v) is 11.9. The molecule has 3 heterocycles. The van der Waals surface area contributed by atoms with Crippen LogP contribution in [0.15, 0.2) is 36.5 Å². The molecule has 40 heavy (non-hydrogen) atoms. The normalized spacial score (nSPS) is 15.6. The van der Waals surface area contributed by atoms with Crippen molar-refractivity contribution < 1.29 is 22.3 Å². The third kappa shape index (κ3) is 5.85. The highest BCUT2D eigenvalue weighted by molar-refractivity contribution is 7.92. The van der Waals surface area contributed by atoms with Crippen LogP contribution in [0.2, 0.25) is 0 Å². The quantitative estimate of drug-likeness (QED) is 0.416. The van der Waals surface area contributed by atoms with Crippen LogP contribution < -0.4 is 29.3 Å². The fourth-order valence-electron chi connectivity index (χ4n) is 4.75. The zero-order chi connectivity index (χ0) is 28.4. The van der Waals surface area contributed by atoms with Crippen molar-refractivity contribution in [2.24, 2.45) is 0 Å². The lowest BCUT2D eigenvalue weighted by Crippen LogP contribution is -2.44. The first-order valence-electron chi connectivity index (χ1n) is 13.1. The Hall–Kier alpha value is -3.84. The van der Waals surface area contributed by atoms with E-state index in [1.54, 1.807) is 12.1 Å². The smallest absolute Gasteiger partial charge is 0.232 e. The van der Waals surface area contributed by atoms with Crippen molar-refractivity contribution in [2.75, 3.05) is 79.6 Å². The van der Waals surface area contributed by atoms with Gasteiger partial charge in [-0.1, -0.05) is 6.92 Å². The minimum absolute atomic E-state index is 0.123. The summed E-state index contributed by atoms with van der Waals surface area (Å²) in [5.41, 5.74) is 3.67. The molecule has 1 saturated heterocycles. The summed E-state index contributed by atoms with van der Waals surface area (Å²) in [5, 5.41) is 6.10. The first-order valence-corrected chi connectivity index (χ1v) is 15.0. The number of likely N-dealkylation sites (N-methyl/N-ethyl adjacent to an activating group) is 1. The fourth-order valence-corrected chi connectivity index (χ4v) is 5.27. The number of hydrogen-bond acceptors (Lipinski definition) is 10. The zero-order valence-electron chi connectivity index (χ0n) is 23.1. The van der Waals surface area contributed by atoms with Crippen LogP contribution in [-0.2, 0) is 16.4 Å². The molecule has 11 nitrogen and oxygen atoms in total. The van der Waals surface area contributed by atoms with Crippen LogP contribution in [0.5, 0.6) is 11.5 Å². The monoisotopic (exact) mass is 571 g/mol. The second kappa shape index (κ2) is 11.3. The summed E-state index contributed by atoms with van der Waals surface area (Å²) < 4.78 is 52.2. The number of aromatic nitrogens is 2. The fraction of sp³-hybridized carbons (Fsp3) is 0.407. The van der Waals surface area contributed by atoms with Crippen molar-refractivity contribution in [1.29, 1.82) is 0 Å². The number of piperazine rings is 1. The number of rotatable bonds is 8. The summed E-state index contributed by atoms with van der Waals surface area (Å²) in [6.07, 6.45) is 3.00. The Morgan fingerprint density at radius 2 is 1.82 bits per heavy atom. The lowest BCUT2D eigenvalue weighted by Gasteiger charge is -2.35. The maximum atomic E-state index is 14.9. The van der Waals surface area contributed by atoms with E-state index in [2.05, 4.69) is 56.5 Å². The van der Waals surface area contributed by atoms with Gasteiger partial charge in [0.2, 0.25) is 16.0 Å². The summed E-state index contributed by atoms with van der Waals surface area (Å²) in [7, 11) is -0.140. The van der Waals surface area contributed by atoms with E-state index in [1.165, 1.54) is 18.3 Å². The van der Waals surface area contributed by atoms with Gasteiger partial charge < -0.3 is 29.9 Å². The van der Waals surface area contributed by atoms with Gasteiger partial charge in [-0.3, -0.25) is 4.31 Å². The number of halogens is 1. The first-order chi connectivity index (χ1) is 19.1. The van der Waals surface area contributed by atoms with E-state index >= 15 is 0 Å². The molecule has 1 fully saturated rings. The van der Waals surface area contributed by atoms with Crippen molar-refractivity contribution in [3.8, 4) is 11.5 Å². The molecule has 214 valence electrons. The van der Waals surface area contributed by atoms with Gasteiger partial charge in [-0.2, -0.15) is 4.98 Å². The largest absolute Gasteiger partial charge is 0.486 e. The van der Waals surface area contributed by atoms with Gasteiger partial charge in [-0.15, -0.1) is 0 Å². The highest BCUT2D eigenvalue weighted by Crippen LogP contribution is 2.46. The minimum Gasteiger partial charge on any atom is -0.486 e. The van der Waals surface area contributed by atoms with Crippen LogP contribution in [0.25, 0.3) is 0 Å². The first kappa shape index (κ1) is 27.7. The number of ether oxygens (including phenoxy) is 2. The summed E-state index contributed by atoms with van der Waals surface area (Å²) in [6.45, 7) is 6.71. The van der Waals surface area contributed by atoms with Gasteiger partial charge in [0.1, 0.15) is 18.9 Å². The van der Waals surface area contributed by atoms with E-state index in [4.69, 9.17) is 9.47 Å². The molecule has 0 amide bonds. The third-order valence-corrected chi connectivity index (χ3v) is 8.23. The van der Waals surface area contributed by atoms with Crippen LogP contribution in [0.3, 0.4) is 0 Å². The SMILES string of the molecule is CCc1cc(Nc2ncc(F)c(Nc3ccc4c(c3N(C)S(C)(=O)=O)OCCO4)n2)ccc1N1CCN(C)CC1. The average molecular weight is 572 g/mol. The standard InChI is InChI=1S/C27H34FN7O4S/c1-5-18-16-19(6-8-22(18)35-12-10-33(2)11-13-35)30-27-29-17-20(28)26(32-27)31-21-7-9-23-25(39-15-14-38-23)24(21)34(3)40(4,36)37/h6-9,16-17H,5,10-15H2,1-4H3,(H2,29,30,31,32). The lowest BCUT2D eigenvalue weighted by atomic mass is 10.1. The van der Waals surface area contributed by atoms with Crippen molar-refractivity contribution in [1.82, 2.24) is 14.9 Å². The minimum atomic E-state index is -3.67. The number of benzene rings is 2. The molecule has 0 saturated carbocycles. The molecule has 3 aromatic rings. The van der Waals surface area contributed by atoms with Crippen molar-refractivity contribution in [3.05, 3.63) is 47.9 Å². The molecule has 13 heteroatoms. The van der Waals surface area contributed by atoms with Gasteiger partial charge in [-0.25, -0.2) is 17.8 Å². The predicted octanol–water partition coefficient (Wildman–Crippen LogP) is 3.58. The summed E-state index contributed by atoms with van der Waals surface area (Å²) in [6, 6.07) is 9.37. The molecular formula is C27H34FN7O4S. The number of fused-ring (bicyclic) bond motifs is 1. The molecule has 2 aromatic carbocycles. The Kier molecular flexibility index (Phi) is 7.86. The Balaban J connectivity index is 1.42. The van der Waals surface area contributed by atoms with Gasteiger partial charge in [0.15, 0.2) is 23.1 Å². The average Bonchev–Trinajstić information content (AvgIpc) is 2.94. The van der Waals surface area contributed by atoms with E-state index in [1.807, 2.05) is 6.07 Å². The van der Waals surface area contributed by atoms with Crippen LogP contribution >= 0.6 is 0 Å². The van der Waals surface area contributed by atoms with Crippen LogP contribution in [0, 0.1) is 5.82 Å². The second-order valence-electron chi connectivity index (χ2n) is 9.84. The number of aryl methyl sites for hydroxylation is 1. The Morgan fingerprint density at radius 3 is 2.55 bits per heavy atom. The van der Waals surface area contributed by atoms with Crippen LogP contribution in [0.4, 0.5) is 38.9 Å². The third-order valence-electron chi connectivity index (χ3n) is 7.05.